The minimum atomic E-state index is -0.849. The zero-order chi connectivity index (χ0) is 17.1. The monoisotopic (exact) mass is 334 g/mol. The Morgan fingerprint density at radius 1 is 1.04 bits per heavy atom. The molecule has 0 aromatic rings. The van der Waals surface area contributed by atoms with Crippen LogP contribution in [-0.4, -0.2) is 40.4 Å². The van der Waals surface area contributed by atoms with Crippen LogP contribution in [0.5, 0.6) is 0 Å². The summed E-state index contributed by atoms with van der Waals surface area (Å²) in [6.45, 7) is 4.18. The van der Waals surface area contributed by atoms with Gasteiger partial charge in [-0.2, -0.15) is 0 Å². The molecule has 6 fully saturated rings. The third-order valence-electron chi connectivity index (χ3n) is 9.58. The number of carbonyl (C=O) groups is 1. The molecule has 0 aliphatic heterocycles. The molecule has 0 saturated heterocycles. The number of hydrogen-bond donors (Lipinski definition) is 3. The van der Waals surface area contributed by atoms with E-state index in [0.29, 0.717) is 17.8 Å². The molecular formula is C20H30O4. The van der Waals surface area contributed by atoms with E-state index in [-0.39, 0.29) is 42.2 Å². The quantitative estimate of drug-likeness (QED) is 0.719. The molecule has 1 spiro atoms. The Bertz CT molecular complexity index is 613. The van der Waals surface area contributed by atoms with Crippen molar-refractivity contribution >= 4 is 5.78 Å². The maximum absolute atomic E-state index is 12.6. The third kappa shape index (κ3) is 1.51. The van der Waals surface area contributed by atoms with Crippen LogP contribution >= 0.6 is 0 Å². The minimum Gasteiger partial charge on any atom is -0.396 e. The van der Waals surface area contributed by atoms with E-state index in [9.17, 15) is 20.1 Å². The number of aliphatic hydroxyl groups excluding tert-OH is 3. The highest BCUT2D eigenvalue weighted by molar-refractivity contribution is 5.81. The van der Waals surface area contributed by atoms with Gasteiger partial charge in [-0.05, 0) is 59.7 Å². The molecule has 8 atom stereocenters. The van der Waals surface area contributed by atoms with Gasteiger partial charge in [0, 0.05) is 24.2 Å². The van der Waals surface area contributed by atoms with Crippen molar-refractivity contribution < 1.29 is 20.1 Å². The first-order valence-corrected chi connectivity index (χ1v) is 9.66. The molecule has 3 N–H and O–H groups in total. The minimum absolute atomic E-state index is 0.154. The Morgan fingerprint density at radius 2 is 1.75 bits per heavy atom. The van der Waals surface area contributed by atoms with Crippen molar-refractivity contribution in [2.45, 2.75) is 58.5 Å². The van der Waals surface area contributed by atoms with Gasteiger partial charge in [0.1, 0.15) is 5.78 Å². The van der Waals surface area contributed by atoms with Gasteiger partial charge in [-0.15, -0.1) is 0 Å². The van der Waals surface area contributed by atoms with Crippen LogP contribution in [0.1, 0.15) is 52.4 Å². The number of fused-ring (bicyclic) bond motifs is 1. The zero-order valence-corrected chi connectivity index (χ0v) is 14.8. The summed E-state index contributed by atoms with van der Waals surface area (Å²) in [5.41, 5.74) is -0.456. The number of carbonyl (C=O) groups excluding carboxylic acids is 1. The van der Waals surface area contributed by atoms with Crippen molar-refractivity contribution in [1.82, 2.24) is 0 Å². The number of aliphatic hydroxyl groups is 3. The number of Topliss-reactive ketones (excluding diaryl/α,β-unsaturated/α-hetero) is 1. The van der Waals surface area contributed by atoms with Crippen molar-refractivity contribution in [3.8, 4) is 0 Å². The summed E-state index contributed by atoms with van der Waals surface area (Å²) in [6, 6.07) is 0. The largest absolute Gasteiger partial charge is 0.396 e. The summed E-state index contributed by atoms with van der Waals surface area (Å²) in [6.07, 6.45) is 4.61. The van der Waals surface area contributed by atoms with Crippen LogP contribution in [0, 0.1) is 45.3 Å². The SMILES string of the molecule is C[C@]12CC(=O)CC(CO)(CO)[C@H]1[C@@H](O)C[C@@]13C[C@@H]4[C@H](C[C@H]12)[C@@]4(C)C3. The summed E-state index contributed by atoms with van der Waals surface area (Å²) in [4.78, 5) is 12.6. The molecule has 0 aromatic carbocycles. The average Bonchev–Trinajstić information content (AvgIpc) is 2.96. The van der Waals surface area contributed by atoms with Gasteiger partial charge in [0.15, 0.2) is 0 Å². The van der Waals surface area contributed by atoms with Crippen molar-refractivity contribution in [2.24, 2.45) is 45.3 Å². The fourth-order valence-electron chi connectivity index (χ4n) is 9.02. The fraction of sp³-hybridized carbons (Fsp3) is 0.950. The highest BCUT2D eigenvalue weighted by atomic mass is 16.3. The van der Waals surface area contributed by atoms with Crippen molar-refractivity contribution in [3.63, 3.8) is 0 Å². The lowest BCUT2D eigenvalue weighted by Crippen LogP contribution is -2.66. The summed E-state index contributed by atoms with van der Waals surface area (Å²) in [5.74, 6) is 2.07. The first-order valence-electron chi connectivity index (χ1n) is 9.66. The van der Waals surface area contributed by atoms with Crippen LogP contribution in [0.2, 0.25) is 0 Å². The Hall–Kier alpha value is -0.450. The van der Waals surface area contributed by atoms with Gasteiger partial charge in [0.05, 0.1) is 19.3 Å². The molecule has 4 heteroatoms. The van der Waals surface area contributed by atoms with Gasteiger partial charge < -0.3 is 15.3 Å². The Morgan fingerprint density at radius 3 is 2.33 bits per heavy atom. The normalized spacial score (nSPS) is 59.7. The van der Waals surface area contributed by atoms with E-state index in [1.165, 1.54) is 19.3 Å². The van der Waals surface area contributed by atoms with Gasteiger partial charge in [0.2, 0.25) is 0 Å². The topological polar surface area (TPSA) is 77.8 Å². The molecule has 24 heavy (non-hydrogen) atoms. The van der Waals surface area contributed by atoms with E-state index >= 15 is 0 Å². The van der Waals surface area contributed by atoms with E-state index in [1.54, 1.807) is 0 Å². The van der Waals surface area contributed by atoms with Gasteiger partial charge in [0.25, 0.3) is 0 Å². The first-order chi connectivity index (χ1) is 11.2. The lowest BCUT2D eigenvalue weighted by atomic mass is 9.38. The van der Waals surface area contributed by atoms with Crippen molar-refractivity contribution in [2.75, 3.05) is 13.2 Å². The Kier molecular flexibility index (Phi) is 2.80. The van der Waals surface area contributed by atoms with Crippen LogP contribution in [0.3, 0.4) is 0 Å². The van der Waals surface area contributed by atoms with Crippen LogP contribution < -0.4 is 0 Å². The number of rotatable bonds is 2. The third-order valence-corrected chi connectivity index (χ3v) is 9.58. The average molecular weight is 334 g/mol. The number of hydrogen-bond acceptors (Lipinski definition) is 4. The maximum atomic E-state index is 12.6. The van der Waals surface area contributed by atoms with Crippen molar-refractivity contribution in [3.05, 3.63) is 0 Å². The van der Waals surface area contributed by atoms with E-state index in [0.717, 1.165) is 18.3 Å². The zero-order valence-electron chi connectivity index (χ0n) is 14.8. The highest BCUT2D eigenvalue weighted by Crippen LogP contribution is 2.85. The van der Waals surface area contributed by atoms with E-state index < -0.39 is 11.5 Å². The summed E-state index contributed by atoms with van der Waals surface area (Å²) in [7, 11) is 0. The molecule has 0 amide bonds. The highest BCUT2D eigenvalue weighted by Gasteiger charge is 2.79. The molecule has 6 saturated carbocycles. The van der Waals surface area contributed by atoms with Crippen LogP contribution in [0.15, 0.2) is 0 Å². The predicted molar refractivity (Wildman–Crippen MR) is 87.9 cm³/mol. The second kappa shape index (κ2) is 4.27. The molecule has 134 valence electrons. The molecule has 6 aliphatic carbocycles. The summed E-state index contributed by atoms with van der Waals surface area (Å²) < 4.78 is 0. The second-order valence-corrected chi connectivity index (χ2v) is 10.6. The second-order valence-electron chi connectivity index (χ2n) is 10.6. The van der Waals surface area contributed by atoms with Gasteiger partial charge >= 0.3 is 0 Å². The summed E-state index contributed by atoms with van der Waals surface area (Å²) in [5, 5.41) is 31.3. The predicted octanol–water partition coefficient (Wildman–Crippen LogP) is 1.76. The lowest BCUT2D eigenvalue weighted by molar-refractivity contribution is -0.225. The van der Waals surface area contributed by atoms with Crippen LogP contribution in [-0.2, 0) is 4.79 Å². The van der Waals surface area contributed by atoms with E-state index in [2.05, 4.69) is 13.8 Å². The molecule has 0 unspecified atom stereocenters. The van der Waals surface area contributed by atoms with E-state index in [4.69, 9.17) is 0 Å². The fourth-order valence-corrected chi connectivity index (χ4v) is 9.02. The van der Waals surface area contributed by atoms with Gasteiger partial charge in [-0.25, -0.2) is 0 Å². The number of ketones is 1. The van der Waals surface area contributed by atoms with Crippen LogP contribution in [0.4, 0.5) is 0 Å². The first kappa shape index (κ1) is 15.8. The lowest BCUT2D eigenvalue weighted by Gasteiger charge is -2.66. The van der Waals surface area contributed by atoms with Crippen LogP contribution in [0.25, 0.3) is 0 Å². The maximum Gasteiger partial charge on any atom is 0.134 e. The Labute approximate surface area is 143 Å². The Balaban J connectivity index is 1.61. The molecule has 4 bridgehead atoms. The van der Waals surface area contributed by atoms with Crippen molar-refractivity contribution in [1.29, 1.82) is 0 Å². The molecule has 6 rings (SSSR count). The molecule has 0 radical (unpaired) electrons. The van der Waals surface area contributed by atoms with E-state index in [1.807, 2.05) is 0 Å². The molecular weight excluding hydrogens is 304 g/mol. The molecule has 0 aromatic heterocycles. The standard InChI is InChI=1S/C20H30O4/c1-17-4-11(23)5-20(9-21,10-22)16(17)14(24)7-19-6-13-12(3-15(17)19)18(13,2)8-19/h12-16,21-22,24H,3-10H2,1-2H3/t12-,13+,14-,15-,16-,17+,18+,19+/m0/s1. The molecule has 0 heterocycles. The smallest absolute Gasteiger partial charge is 0.134 e. The van der Waals surface area contributed by atoms with Gasteiger partial charge in [-0.1, -0.05) is 13.8 Å². The molecule has 6 aliphatic rings. The summed E-state index contributed by atoms with van der Waals surface area (Å²) >= 11 is 0. The van der Waals surface area contributed by atoms with Gasteiger partial charge in [-0.3, -0.25) is 4.79 Å². The molecule has 4 nitrogen and oxygen atoms in total.